The molecule has 1 aromatic rings. The van der Waals surface area contributed by atoms with Crippen molar-refractivity contribution in [1.29, 1.82) is 0 Å². The Morgan fingerprint density at radius 3 is 2.50 bits per heavy atom. The molecule has 0 N–H and O–H groups in total. The maximum Gasteiger partial charge on any atom is 0.157 e. The highest BCUT2D eigenvalue weighted by molar-refractivity contribution is 7.17. The van der Waals surface area contributed by atoms with E-state index in [9.17, 15) is 4.79 Å². The van der Waals surface area contributed by atoms with Crippen LogP contribution in [0, 0.1) is 5.92 Å². The van der Waals surface area contributed by atoms with E-state index in [4.69, 9.17) is 0 Å². The number of carbonyl (C=O) groups excluding carboxylic acids is 1. The molecule has 98 valence electrons. The molecule has 1 saturated heterocycles. The number of benzene rings is 1. The molecule has 1 aliphatic rings. The van der Waals surface area contributed by atoms with Crippen LogP contribution in [-0.2, 0) is 4.79 Å². The first kappa shape index (κ1) is 13.7. The van der Waals surface area contributed by atoms with Crippen molar-refractivity contribution in [3.8, 4) is 0 Å². The molecule has 3 heteroatoms. The lowest BCUT2D eigenvalue weighted by Crippen LogP contribution is -2.34. The lowest BCUT2D eigenvalue weighted by Gasteiger charge is -2.28. The van der Waals surface area contributed by atoms with E-state index in [2.05, 4.69) is 26.3 Å². The lowest BCUT2D eigenvalue weighted by molar-refractivity contribution is -0.127. The Labute approximate surface area is 112 Å². The second-order valence-corrected chi connectivity index (χ2v) is 6.36. The molecule has 1 aromatic carbocycles. The summed E-state index contributed by atoms with van der Waals surface area (Å²) in [6.07, 6.45) is 1.17. The molecule has 1 heterocycles. The van der Waals surface area contributed by atoms with Crippen molar-refractivity contribution < 1.29 is 4.79 Å². The molecule has 3 atom stereocenters. The second-order valence-electron chi connectivity index (χ2n) is 5.41. The van der Waals surface area contributed by atoms with Crippen molar-refractivity contribution in [2.45, 2.75) is 32.0 Å². The normalized spacial score (nSPS) is 22.3. The van der Waals surface area contributed by atoms with E-state index in [-0.39, 0.29) is 12.0 Å². The summed E-state index contributed by atoms with van der Waals surface area (Å²) in [6, 6.07) is 10.1. The van der Waals surface area contributed by atoms with Gasteiger partial charge >= 0.3 is 0 Å². The van der Waals surface area contributed by atoms with E-state index in [1.165, 1.54) is 6.42 Å². The van der Waals surface area contributed by atoms with Gasteiger partial charge in [0.1, 0.15) is 0 Å². The average molecular weight is 263 g/mol. The van der Waals surface area contributed by atoms with Crippen LogP contribution in [0.1, 0.15) is 31.9 Å². The molecule has 2 nitrogen and oxygen atoms in total. The predicted octanol–water partition coefficient (Wildman–Crippen LogP) is 2.90. The van der Waals surface area contributed by atoms with Crippen LogP contribution in [0.4, 0.5) is 0 Å². The summed E-state index contributed by atoms with van der Waals surface area (Å²) in [5.74, 6) is 0.416. The molecule has 0 spiro atoms. The molecular formula is C15H22NOP. The summed E-state index contributed by atoms with van der Waals surface area (Å²) in [5, 5.41) is 0. The zero-order valence-corrected chi connectivity index (χ0v) is 12.3. The average Bonchev–Trinajstić information content (AvgIpc) is 2.77. The Balaban J connectivity index is 2.26. The van der Waals surface area contributed by atoms with Gasteiger partial charge in [0.05, 0.1) is 6.04 Å². The van der Waals surface area contributed by atoms with E-state index in [0.717, 1.165) is 18.7 Å². The number of Topliss-reactive ketones (excluding diaryl/α,β-unsaturated/α-hetero) is 1. The Hall–Kier alpha value is -0.720. The number of ketones is 1. The number of hydrogen-bond donors (Lipinski definition) is 0. The van der Waals surface area contributed by atoms with Crippen LogP contribution in [0.3, 0.4) is 0 Å². The van der Waals surface area contributed by atoms with Gasteiger partial charge in [-0.25, -0.2) is 0 Å². The van der Waals surface area contributed by atoms with Crippen LogP contribution in [0.25, 0.3) is 0 Å². The first-order valence-electron chi connectivity index (χ1n) is 6.68. The quantitative estimate of drug-likeness (QED) is 0.778. The molecule has 2 rings (SSSR count). The van der Waals surface area contributed by atoms with Crippen LogP contribution in [0.2, 0.25) is 0 Å². The van der Waals surface area contributed by atoms with Crippen LogP contribution < -0.4 is 0 Å². The molecule has 1 fully saturated rings. The summed E-state index contributed by atoms with van der Waals surface area (Å²) < 4.78 is 0. The van der Waals surface area contributed by atoms with Crippen LogP contribution in [0.5, 0.6) is 0 Å². The van der Waals surface area contributed by atoms with Crippen molar-refractivity contribution >= 4 is 15.0 Å². The van der Waals surface area contributed by atoms with Gasteiger partial charge in [0.25, 0.3) is 0 Å². The van der Waals surface area contributed by atoms with Crippen LogP contribution in [-0.4, -0.2) is 29.4 Å². The molecular weight excluding hydrogens is 241 g/mol. The highest BCUT2D eigenvalue weighted by Crippen LogP contribution is 2.30. The third-order valence-corrected chi connectivity index (χ3v) is 4.12. The minimum absolute atomic E-state index is 0.0586. The maximum atomic E-state index is 12.5. The van der Waals surface area contributed by atoms with Gasteiger partial charge in [0.15, 0.2) is 5.78 Å². The van der Waals surface area contributed by atoms with Crippen LogP contribution in [0.15, 0.2) is 30.3 Å². The Bertz CT molecular complexity index is 404. The third-order valence-electron chi connectivity index (χ3n) is 3.58. The fourth-order valence-corrected chi connectivity index (χ4v) is 2.98. The molecule has 0 radical (unpaired) electrons. The summed E-state index contributed by atoms with van der Waals surface area (Å²) in [4.78, 5) is 14.8. The first-order valence-corrected chi connectivity index (χ1v) is 7.34. The molecule has 0 amide bonds. The van der Waals surface area contributed by atoms with E-state index in [0.29, 0.717) is 11.4 Å². The minimum Gasteiger partial charge on any atom is -0.297 e. The van der Waals surface area contributed by atoms with E-state index in [1.54, 1.807) is 0 Å². The highest BCUT2D eigenvalue weighted by atomic mass is 31.0. The fraction of sp³-hybridized carbons (Fsp3) is 0.533. The van der Waals surface area contributed by atoms with Crippen LogP contribution >= 0.6 is 9.24 Å². The maximum absolute atomic E-state index is 12.5. The molecule has 18 heavy (non-hydrogen) atoms. The number of rotatable bonds is 4. The zero-order chi connectivity index (χ0) is 13.1. The fourth-order valence-electron chi connectivity index (χ4n) is 2.56. The van der Waals surface area contributed by atoms with Gasteiger partial charge in [-0.15, -0.1) is 9.24 Å². The third kappa shape index (κ3) is 2.99. The number of nitrogens with zero attached hydrogens (tertiary/aromatic N) is 1. The molecule has 0 saturated carbocycles. The summed E-state index contributed by atoms with van der Waals surface area (Å²) >= 11 is 0. The van der Waals surface area contributed by atoms with Gasteiger partial charge in [0, 0.05) is 12.5 Å². The van der Waals surface area contributed by atoms with Crippen molar-refractivity contribution in [2.24, 2.45) is 5.92 Å². The van der Waals surface area contributed by atoms with E-state index < -0.39 is 0 Å². The van der Waals surface area contributed by atoms with Gasteiger partial charge in [-0.3, -0.25) is 9.69 Å². The standard InChI is InChI=1S/C15H22NOP/c1-11(2)15(17)14(12-6-4-3-5-7-12)16-9-8-13(18)10-16/h3-7,11,13-14H,8-10,18H2,1-2H3. The molecule has 3 unspecified atom stereocenters. The predicted molar refractivity (Wildman–Crippen MR) is 78.7 cm³/mol. The van der Waals surface area contributed by atoms with Crippen molar-refractivity contribution in [2.75, 3.05) is 13.1 Å². The Morgan fingerprint density at radius 1 is 1.33 bits per heavy atom. The minimum atomic E-state index is -0.0586. The van der Waals surface area contributed by atoms with E-state index >= 15 is 0 Å². The molecule has 1 aliphatic heterocycles. The monoisotopic (exact) mass is 263 g/mol. The Morgan fingerprint density at radius 2 is 2.00 bits per heavy atom. The number of hydrogen-bond acceptors (Lipinski definition) is 2. The summed E-state index contributed by atoms with van der Waals surface area (Å²) in [6.45, 7) is 6.01. The first-order chi connectivity index (χ1) is 8.59. The largest absolute Gasteiger partial charge is 0.297 e. The summed E-state index contributed by atoms with van der Waals surface area (Å²) in [7, 11) is 2.88. The van der Waals surface area contributed by atoms with Gasteiger partial charge in [-0.05, 0) is 24.2 Å². The van der Waals surface area contributed by atoms with Gasteiger partial charge in [-0.1, -0.05) is 44.2 Å². The Kier molecular flexibility index (Phi) is 4.53. The van der Waals surface area contributed by atoms with Crippen molar-refractivity contribution in [3.63, 3.8) is 0 Å². The molecule has 0 aliphatic carbocycles. The van der Waals surface area contributed by atoms with Gasteiger partial charge < -0.3 is 0 Å². The second kappa shape index (κ2) is 5.95. The smallest absolute Gasteiger partial charge is 0.157 e. The molecule has 0 bridgehead atoms. The number of likely N-dealkylation sites (tertiary alicyclic amines) is 1. The van der Waals surface area contributed by atoms with Gasteiger partial charge in [0.2, 0.25) is 0 Å². The molecule has 0 aromatic heterocycles. The zero-order valence-electron chi connectivity index (χ0n) is 11.2. The van der Waals surface area contributed by atoms with Crippen molar-refractivity contribution in [1.82, 2.24) is 4.90 Å². The topological polar surface area (TPSA) is 20.3 Å². The lowest BCUT2D eigenvalue weighted by atomic mass is 9.94. The van der Waals surface area contributed by atoms with Gasteiger partial charge in [-0.2, -0.15) is 0 Å². The highest BCUT2D eigenvalue weighted by Gasteiger charge is 2.32. The van der Waals surface area contributed by atoms with E-state index in [1.807, 2.05) is 32.0 Å². The summed E-state index contributed by atoms with van der Waals surface area (Å²) in [5.41, 5.74) is 1.76. The van der Waals surface area contributed by atoms with Crippen molar-refractivity contribution in [3.05, 3.63) is 35.9 Å². The number of carbonyl (C=O) groups is 1. The SMILES string of the molecule is CC(C)C(=O)C(c1ccccc1)N1CCC(P)C1.